The molecule has 2 aromatic rings. The van der Waals surface area contributed by atoms with Gasteiger partial charge in [0.1, 0.15) is 11.9 Å². The minimum absolute atomic E-state index is 0.0145. The van der Waals surface area contributed by atoms with Gasteiger partial charge in [0.15, 0.2) is 5.82 Å². The maximum absolute atomic E-state index is 13.3. The summed E-state index contributed by atoms with van der Waals surface area (Å²) < 4.78 is 13.3. The smallest absolute Gasteiger partial charge is 0.339 e. The van der Waals surface area contributed by atoms with E-state index in [2.05, 4.69) is 15.3 Å². The van der Waals surface area contributed by atoms with Gasteiger partial charge in [-0.3, -0.25) is 0 Å². The fourth-order valence-electron chi connectivity index (χ4n) is 1.52. The molecule has 0 aliphatic heterocycles. The van der Waals surface area contributed by atoms with E-state index in [1.165, 1.54) is 24.7 Å². The molecule has 8 heteroatoms. The molecule has 0 aliphatic carbocycles. The Morgan fingerprint density at radius 3 is 2.60 bits per heavy atom. The van der Waals surface area contributed by atoms with Gasteiger partial charge in [0.05, 0.1) is 22.3 Å². The summed E-state index contributed by atoms with van der Waals surface area (Å²) in [4.78, 5) is 18.5. The van der Waals surface area contributed by atoms with Gasteiger partial charge in [-0.1, -0.05) is 23.2 Å². The molecule has 1 heterocycles. The van der Waals surface area contributed by atoms with E-state index in [1.807, 2.05) is 0 Å². The number of hydrogen-bond donors (Lipinski definition) is 2. The number of aromatic nitrogens is 2. The molecular formula is C12H8Cl2FN3O2. The van der Waals surface area contributed by atoms with Gasteiger partial charge >= 0.3 is 5.97 Å². The van der Waals surface area contributed by atoms with Crippen LogP contribution in [0.25, 0.3) is 0 Å². The number of rotatable bonds is 4. The standard InChI is InChI=1S/C12H8Cl2FN3O2/c13-8-1-6(2-9(14)11(8)15)17-4-10-7(12(19)20)3-16-5-18-10/h1-3,5,17H,4H2,(H,19,20). The Bertz CT molecular complexity index is 644. The molecule has 0 bridgehead atoms. The fourth-order valence-corrected chi connectivity index (χ4v) is 2.00. The largest absolute Gasteiger partial charge is 0.478 e. The Morgan fingerprint density at radius 2 is 2.00 bits per heavy atom. The number of nitrogens with zero attached hydrogens (tertiary/aromatic N) is 2. The molecule has 0 aliphatic rings. The molecular weight excluding hydrogens is 308 g/mol. The van der Waals surface area contributed by atoms with Gasteiger partial charge < -0.3 is 10.4 Å². The summed E-state index contributed by atoms with van der Waals surface area (Å²) in [6.45, 7) is 0.114. The Balaban J connectivity index is 2.19. The molecule has 2 N–H and O–H groups in total. The van der Waals surface area contributed by atoms with Crippen LogP contribution in [0.2, 0.25) is 10.0 Å². The average Bonchev–Trinajstić information content (AvgIpc) is 2.42. The Hall–Kier alpha value is -1.92. The molecule has 0 unspecified atom stereocenters. The molecule has 1 aromatic carbocycles. The zero-order valence-electron chi connectivity index (χ0n) is 9.90. The molecule has 104 valence electrons. The Kier molecular flexibility index (Phi) is 4.36. The third-order valence-electron chi connectivity index (χ3n) is 2.47. The van der Waals surface area contributed by atoms with E-state index in [9.17, 15) is 9.18 Å². The van der Waals surface area contributed by atoms with Crippen LogP contribution in [-0.2, 0) is 6.54 Å². The number of halogens is 3. The molecule has 0 fully saturated rings. The lowest BCUT2D eigenvalue weighted by atomic mass is 10.2. The van der Waals surface area contributed by atoms with Crippen molar-refractivity contribution in [2.45, 2.75) is 6.54 Å². The summed E-state index contributed by atoms with van der Waals surface area (Å²) in [5.74, 6) is -1.83. The first-order chi connectivity index (χ1) is 9.49. The predicted molar refractivity (Wildman–Crippen MR) is 72.7 cm³/mol. The highest BCUT2D eigenvalue weighted by Crippen LogP contribution is 2.27. The number of aromatic carboxylic acids is 1. The molecule has 0 radical (unpaired) electrons. The van der Waals surface area contributed by atoms with Crippen molar-refractivity contribution >= 4 is 34.9 Å². The maximum Gasteiger partial charge on any atom is 0.339 e. The number of nitrogens with one attached hydrogen (secondary N) is 1. The van der Waals surface area contributed by atoms with Crippen molar-refractivity contribution in [2.24, 2.45) is 0 Å². The summed E-state index contributed by atoms with van der Waals surface area (Å²) in [5, 5.41) is 11.6. The zero-order chi connectivity index (χ0) is 14.7. The summed E-state index contributed by atoms with van der Waals surface area (Å²) in [6, 6.07) is 2.70. The van der Waals surface area contributed by atoms with E-state index in [-0.39, 0.29) is 22.2 Å². The minimum Gasteiger partial charge on any atom is -0.478 e. The van der Waals surface area contributed by atoms with Crippen molar-refractivity contribution in [1.29, 1.82) is 0 Å². The molecule has 0 atom stereocenters. The van der Waals surface area contributed by atoms with Crippen LogP contribution >= 0.6 is 23.2 Å². The van der Waals surface area contributed by atoms with Crippen molar-refractivity contribution in [1.82, 2.24) is 9.97 Å². The lowest BCUT2D eigenvalue weighted by Gasteiger charge is -2.09. The number of benzene rings is 1. The number of carboxylic acid groups (broad SMARTS) is 1. The Morgan fingerprint density at radius 1 is 1.35 bits per heavy atom. The van der Waals surface area contributed by atoms with Crippen LogP contribution in [0.1, 0.15) is 16.1 Å². The molecule has 2 rings (SSSR count). The van der Waals surface area contributed by atoms with E-state index in [1.54, 1.807) is 0 Å². The van der Waals surface area contributed by atoms with Gasteiger partial charge in [0, 0.05) is 11.9 Å². The van der Waals surface area contributed by atoms with Crippen molar-refractivity contribution in [3.8, 4) is 0 Å². The summed E-state index contributed by atoms with van der Waals surface area (Å²) in [6.07, 6.45) is 2.45. The number of carboxylic acids is 1. The van der Waals surface area contributed by atoms with Crippen LogP contribution in [-0.4, -0.2) is 21.0 Å². The second kappa shape index (κ2) is 6.02. The van der Waals surface area contributed by atoms with Crippen LogP contribution in [0.5, 0.6) is 0 Å². The SMILES string of the molecule is O=C(O)c1cncnc1CNc1cc(Cl)c(F)c(Cl)c1. The lowest BCUT2D eigenvalue weighted by Crippen LogP contribution is -2.10. The third kappa shape index (κ3) is 3.15. The monoisotopic (exact) mass is 315 g/mol. The highest BCUT2D eigenvalue weighted by Gasteiger charge is 2.12. The van der Waals surface area contributed by atoms with Crippen molar-refractivity contribution < 1.29 is 14.3 Å². The first kappa shape index (κ1) is 14.5. The predicted octanol–water partition coefficient (Wildman–Crippen LogP) is 3.23. The number of hydrogen-bond acceptors (Lipinski definition) is 4. The van der Waals surface area contributed by atoms with Crippen molar-refractivity contribution in [2.75, 3.05) is 5.32 Å². The first-order valence-electron chi connectivity index (χ1n) is 5.39. The van der Waals surface area contributed by atoms with Crippen LogP contribution in [0.4, 0.5) is 10.1 Å². The fraction of sp³-hybridized carbons (Fsp3) is 0.0833. The van der Waals surface area contributed by atoms with E-state index in [0.29, 0.717) is 11.4 Å². The first-order valence-corrected chi connectivity index (χ1v) is 6.15. The zero-order valence-corrected chi connectivity index (χ0v) is 11.4. The van der Waals surface area contributed by atoms with Crippen LogP contribution in [0.15, 0.2) is 24.7 Å². The molecule has 20 heavy (non-hydrogen) atoms. The molecule has 1 aromatic heterocycles. The Labute approximate surface area is 123 Å². The summed E-state index contributed by atoms with van der Waals surface area (Å²) >= 11 is 11.3. The van der Waals surface area contributed by atoms with E-state index in [4.69, 9.17) is 28.3 Å². The van der Waals surface area contributed by atoms with Crippen LogP contribution < -0.4 is 5.32 Å². The highest BCUT2D eigenvalue weighted by atomic mass is 35.5. The third-order valence-corrected chi connectivity index (χ3v) is 3.02. The second-order valence-electron chi connectivity index (χ2n) is 3.80. The van der Waals surface area contributed by atoms with Crippen molar-refractivity contribution in [3.05, 3.63) is 51.8 Å². The van der Waals surface area contributed by atoms with E-state index >= 15 is 0 Å². The lowest BCUT2D eigenvalue weighted by molar-refractivity contribution is 0.0694. The molecule has 0 spiro atoms. The minimum atomic E-state index is -1.13. The topological polar surface area (TPSA) is 75.1 Å². The van der Waals surface area contributed by atoms with Gasteiger partial charge in [-0.15, -0.1) is 0 Å². The van der Waals surface area contributed by atoms with Gasteiger partial charge in [-0.2, -0.15) is 0 Å². The number of anilines is 1. The second-order valence-corrected chi connectivity index (χ2v) is 4.61. The normalized spacial score (nSPS) is 10.3. The summed E-state index contributed by atoms with van der Waals surface area (Å²) in [5.41, 5.74) is 0.736. The molecule has 5 nitrogen and oxygen atoms in total. The van der Waals surface area contributed by atoms with Crippen LogP contribution in [0, 0.1) is 5.82 Å². The van der Waals surface area contributed by atoms with E-state index in [0.717, 1.165) is 0 Å². The quantitative estimate of drug-likeness (QED) is 0.847. The highest BCUT2D eigenvalue weighted by molar-refractivity contribution is 6.35. The van der Waals surface area contributed by atoms with Gasteiger partial charge in [-0.25, -0.2) is 19.2 Å². The van der Waals surface area contributed by atoms with E-state index < -0.39 is 11.8 Å². The molecule has 0 saturated carbocycles. The number of carbonyl (C=O) groups is 1. The molecule has 0 amide bonds. The van der Waals surface area contributed by atoms with Crippen molar-refractivity contribution in [3.63, 3.8) is 0 Å². The maximum atomic E-state index is 13.3. The molecule has 0 saturated heterocycles. The van der Waals surface area contributed by atoms with Gasteiger partial charge in [0.25, 0.3) is 0 Å². The van der Waals surface area contributed by atoms with Gasteiger partial charge in [-0.05, 0) is 12.1 Å². The summed E-state index contributed by atoms with van der Waals surface area (Å²) in [7, 11) is 0. The van der Waals surface area contributed by atoms with Gasteiger partial charge in [0.2, 0.25) is 0 Å². The van der Waals surface area contributed by atoms with Crippen LogP contribution in [0.3, 0.4) is 0 Å². The average molecular weight is 316 g/mol.